The van der Waals surface area contributed by atoms with Crippen molar-refractivity contribution < 1.29 is 4.39 Å². The smallest absolute Gasteiger partial charge is 0.243 e. The lowest BCUT2D eigenvalue weighted by Crippen LogP contribution is -2.37. The fourth-order valence-electron chi connectivity index (χ4n) is 2.76. The van der Waals surface area contributed by atoms with Crippen LogP contribution in [0, 0.1) is 11.7 Å². The maximum absolute atomic E-state index is 13.1. The predicted octanol–water partition coefficient (Wildman–Crippen LogP) is 1.80. The molecule has 0 amide bonds. The molecule has 0 aliphatic heterocycles. The zero-order chi connectivity index (χ0) is 13.2. The molecule has 2 unspecified atom stereocenters. The maximum atomic E-state index is 13.1. The van der Waals surface area contributed by atoms with Gasteiger partial charge in [-0.3, -0.25) is 0 Å². The summed E-state index contributed by atoms with van der Waals surface area (Å²) >= 11 is 0. The van der Waals surface area contributed by atoms with E-state index in [1.807, 2.05) is 0 Å². The van der Waals surface area contributed by atoms with Crippen LogP contribution < -0.4 is 11.1 Å². The van der Waals surface area contributed by atoms with Crippen LogP contribution in [0.1, 0.15) is 25.7 Å². The van der Waals surface area contributed by atoms with Gasteiger partial charge in [-0.25, -0.2) is 8.91 Å². The molecular weight excluding hydrogens is 245 g/mol. The lowest BCUT2D eigenvalue weighted by molar-refractivity contribution is 0.331. The SMILES string of the molecule is NCC1CCCCC1Nc1nc2ccc(F)cn2n1. The highest BCUT2D eigenvalue weighted by Crippen LogP contribution is 2.25. The Morgan fingerprint density at radius 1 is 1.37 bits per heavy atom. The highest BCUT2D eigenvalue weighted by molar-refractivity contribution is 5.43. The molecule has 1 saturated carbocycles. The van der Waals surface area contributed by atoms with Gasteiger partial charge in [0.1, 0.15) is 5.82 Å². The molecule has 1 aliphatic rings. The number of fused-ring (bicyclic) bond motifs is 1. The molecule has 2 aromatic rings. The first-order chi connectivity index (χ1) is 9.26. The number of anilines is 1. The van der Waals surface area contributed by atoms with Crippen LogP contribution in [-0.4, -0.2) is 27.2 Å². The van der Waals surface area contributed by atoms with Gasteiger partial charge in [-0.15, -0.1) is 5.10 Å². The number of hydrogen-bond acceptors (Lipinski definition) is 4. The molecule has 0 bridgehead atoms. The standard InChI is InChI=1S/C13H18FN5/c14-10-5-6-12-17-13(18-19(12)8-10)16-11-4-2-1-3-9(11)7-15/h5-6,8-9,11H,1-4,7,15H2,(H,16,18). The van der Waals surface area contributed by atoms with Gasteiger partial charge in [-0.2, -0.15) is 4.98 Å². The number of nitrogens with two attached hydrogens (primary N) is 1. The highest BCUT2D eigenvalue weighted by Gasteiger charge is 2.24. The van der Waals surface area contributed by atoms with E-state index in [9.17, 15) is 4.39 Å². The first-order valence-electron chi connectivity index (χ1n) is 6.75. The maximum Gasteiger partial charge on any atom is 0.243 e. The molecule has 3 N–H and O–H groups in total. The number of halogens is 1. The zero-order valence-corrected chi connectivity index (χ0v) is 10.7. The summed E-state index contributed by atoms with van der Waals surface area (Å²) in [4.78, 5) is 4.35. The minimum Gasteiger partial charge on any atom is -0.350 e. The summed E-state index contributed by atoms with van der Waals surface area (Å²) < 4.78 is 14.6. The van der Waals surface area contributed by atoms with E-state index in [-0.39, 0.29) is 5.82 Å². The Labute approximate surface area is 111 Å². The third kappa shape index (κ3) is 2.53. The normalized spacial score (nSPS) is 23.7. The van der Waals surface area contributed by atoms with E-state index >= 15 is 0 Å². The van der Waals surface area contributed by atoms with Gasteiger partial charge in [0.25, 0.3) is 0 Å². The molecule has 3 rings (SSSR count). The van der Waals surface area contributed by atoms with Crippen molar-refractivity contribution in [2.24, 2.45) is 11.7 Å². The molecule has 1 fully saturated rings. The van der Waals surface area contributed by atoms with Crippen LogP contribution in [0.2, 0.25) is 0 Å². The quantitative estimate of drug-likeness (QED) is 0.886. The Morgan fingerprint density at radius 3 is 3.05 bits per heavy atom. The van der Waals surface area contributed by atoms with E-state index < -0.39 is 0 Å². The second kappa shape index (κ2) is 5.13. The van der Waals surface area contributed by atoms with Gasteiger partial charge >= 0.3 is 0 Å². The average Bonchev–Trinajstić information content (AvgIpc) is 2.80. The fraction of sp³-hybridized carbons (Fsp3) is 0.538. The Hall–Kier alpha value is -1.69. The Bertz CT molecular complexity index is 567. The lowest BCUT2D eigenvalue weighted by atomic mass is 9.84. The van der Waals surface area contributed by atoms with Crippen LogP contribution in [0.15, 0.2) is 18.3 Å². The highest BCUT2D eigenvalue weighted by atomic mass is 19.1. The van der Waals surface area contributed by atoms with E-state index in [1.54, 1.807) is 6.07 Å². The van der Waals surface area contributed by atoms with Crippen LogP contribution in [0.3, 0.4) is 0 Å². The third-order valence-electron chi connectivity index (χ3n) is 3.82. The molecule has 6 heteroatoms. The van der Waals surface area contributed by atoms with E-state index in [4.69, 9.17) is 5.73 Å². The Morgan fingerprint density at radius 2 is 2.21 bits per heavy atom. The summed E-state index contributed by atoms with van der Waals surface area (Å²) in [7, 11) is 0. The van der Waals surface area contributed by atoms with Crippen molar-refractivity contribution in [1.82, 2.24) is 14.6 Å². The van der Waals surface area contributed by atoms with Gasteiger partial charge in [-0.05, 0) is 37.4 Å². The summed E-state index contributed by atoms with van der Waals surface area (Å²) in [5, 5.41) is 7.60. The van der Waals surface area contributed by atoms with Gasteiger partial charge in [0.2, 0.25) is 5.95 Å². The molecule has 0 saturated heterocycles. The first kappa shape index (κ1) is 12.3. The molecule has 2 heterocycles. The van der Waals surface area contributed by atoms with Gasteiger partial charge in [0.15, 0.2) is 5.65 Å². The van der Waals surface area contributed by atoms with E-state index in [0.29, 0.717) is 30.1 Å². The second-order valence-electron chi connectivity index (χ2n) is 5.12. The molecule has 0 radical (unpaired) electrons. The van der Waals surface area contributed by atoms with Gasteiger partial charge in [0.05, 0.1) is 6.20 Å². The molecule has 0 aromatic carbocycles. The summed E-state index contributed by atoms with van der Waals surface area (Å²) in [6.07, 6.45) is 6.01. The van der Waals surface area contributed by atoms with Gasteiger partial charge < -0.3 is 11.1 Å². The zero-order valence-electron chi connectivity index (χ0n) is 10.7. The van der Waals surface area contributed by atoms with Gasteiger partial charge in [-0.1, -0.05) is 12.8 Å². The number of pyridine rings is 1. The average molecular weight is 263 g/mol. The lowest BCUT2D eigenvalue weighted by Gasteiger charge is -2.30. The molecule has 1 aliphatic carbocycles. The van der Waals surface area contributed by atoms with Crippen molar-refractivity contribution >= 4 is 11.6 Å². The Balaban J connectivity index is 1.80. The van der Waals surface area contributed by atoms with Crippen molar-refractivity contribution in [2.45, 2.75) is 31.7 Å². The summed E-state index contributed by atoms with van der Waals surface area (Å²) in [6, 6.07) is 3.33. The number of nitrogens with zero attached hydrogens (tertiary/aromatic N) is 3. The second-order valence-corrected chi connectivity index (χ2v) is 5.12. The van der Waals surface area contributed by atoms with Crippen LogP contribution in [0.4, 0.5) is 10.3 Å². The van der Waals surface area contributed by atoms with Crippen LogP contribution in [0.25, 0.3) is 5.65 Å². The summed E-state index contributed by atoms with van der Waals surface area (Å²) in [5.41, 5.74) is 6.45. The third-order valence-corrected chi connectivity index (χ3v) is 3.82. The van der Waals surface area contributed by atoms with Crippen LogP contribution in [-0.2, 0) is 0 Å². The van der Waals surface area contributed by atoms with E-state index in [2.05, 4.69) is 15.4 Å². The first-order valence-corrected chi connectivity index (χ1v) is 6.75. The molecule has 0 spiro atoms. The van der Waals surface area contributed by atoms with Crippen molar-refractivity contribution in [3.63, 3.8) is 0 Å². The molecular formula is C13H18FN5. The fourth-order valence-corrected chi connectivity index (χ4v) is 2.76. The molecule has 2 aromatic heterocycles. The van der Waals surface area contributed by atoms with E-state index in [0.717, 1.165) is 12.8 Å². The minimum atomic E-state index is -0.318. The topological polar surface area (TPSA) is 68.2 Å². The van der Waals surface area contributed by atoms with Crippen LogP contribution >= 0.6 is 0 Å². The van der Waals surface area contributed by atoms with Gasteiger partial charge in [0, 0.05) is 6.04 Å². The summed E-state index contributed by atoms with van der Waals surface area (Å²) in [5.74, 6) is 0.703. The molecule has 2 atom stereocenters. The largest absolute Gasteiger partial charge is 0.350 e. The number of nitrogens with one attached hydrogen (secondary N) is 1. The Kier molecular flexibility index (Phi) is 3.33. The van der Waals surface area contributed by atoms with E-state index in [1.165, 1.54) is 29.6 Å². The number of hydrogen-bond donors (Lipinski definition) is 2. The molecule has 5 nitrogen and oxygen atoms in total. The van der Waals surface area contributed by atoms with Crippen molar-refractivity contribution in [3.05, 3.63) is 24.1 Å². The number of aromatic nitrogens is 3. The van der Waals surface area contributed by atoms with Crippen LogP contribution in [0.5, 0.6) is 0 Å². The predicted molar refractivity (Wildman–Crippen MR) is 71.4 cm³/mol. The van der Waals surface area contributed by atoms with Crippen molar-refractivity contribution in [2.75, 3.05) is 11.9 Å². The number of rotatable bonds is 3. The molecule has 102 valence electrons. The van der Waals surface area contributed by atoms with Crippen molar-refractivity contribution in [1.29, 1.82) is 0 Å². The van der Waals surface area contributed by atoms with Crippen molar-refractivity contribution in [3.8, 4) is 0 Å². The summed E-state index contributed by atoms with van der Waals surface area (Å²) in [6.45, 7) is 0.680. The molecule has 19 heavy (non-hydrogen) atoms. The minimum absolute atomic E-state index is 0.318. The monoisotopic (exact) mass is 263 g/mol.